The first-order valence-corrected chi connectivity index (χ1v) is 6.58. The maximum Gasteiger partial charge on any atom is 0.157 e. The molecule has 2 aromatic carbocycles. The zero-order chi connectivity index (χ0) is 15.1. The normalized spacial score (nSPS) is 21.0. The fourth-order valence-electron chi connectivity index (χ4n) is 2.81. The standard InChI is InChI=1S/C15H15NO5/c17-9-6-12-10(14(19)7-9)2-3-11(16(12)21)8-1-4-13(18)15(20)5-8/h1,4-7,11,16-20H,2-3H2. The molecule has 0 saturated heterocycles. The van der Waals surface area contributed by atoms with Crippen molar-refractivity contribution in [3.8, 4) is 23.0 Å². The molecule has 21 heavy (non-hydrogen) atoms. The van der Waals surface area contributed by atoms with Crippen LogP contribution >= 0.6 is 0 Å². The third kappa shape index (κ3) is 2.24. The van der Waals surface area contributed by atoms with Crippen molar-refractivity contribution in [3.63, 3.8) is 0 Å². The van der Waals surface area contributed by atoms with Gasteiger partial charge in [-0.25, -0.2) is 0 Å². The maximum absolute atomic E-state index is 12.6. The van der Waals surface area contributed by atoms with Crippen LogP contribution in [0.15, 0.2) is 30.3 Å². The summed E-state index contributed by atoms with van der Waals surface area (Å²) in [5.74, 6) is -0.748. The van der Waals surface area contributed by atoms with Crippen LogP contribution in [0, 0.1) is 5.21 Å². The number of benzene rings is 2. The molecule has 110 valence electrons. The Morgan fingerprint density at radius 2 is 1.71 bits per heavy atom. The van der Waals surface area contributed by atoms with Gasteiger partial charge in [-0.15, -0.1) is 0 Å². The molecule has 0 saturated carbocycles. The molecule has 6 heteroatoms. The number of hydrogen-bond acceptors (Lipinski definition) is 5. The number of nitrogens with one attached hydrogen (secondary N) is 1. The lowest BCUT2D eigenvalue weighted by Crippen LogP contribution is -3.03. The Balaban J connectivity index is 2.02. The first-order valence-electron chi connectivity index (χ1n) is 6.58. The van der Waals surface area contributed by atoms with Crippen molar-refractivity contribution in [2.45, 2.75) is 18.9 Å². The van der Waals surface area contributed by atoms with E-state index in [1.807, 2.05) is 0 Å². The summed E-state index contributed by atoms with van der Waals surface area (Å²) in [5, 5.41) is 50.6. The van der Waals surface area contributed by atoms with Gasteiger partial charge in [-0.1, -0.05) is 0 Å². The molecule has 2 aromatic rings. The lowest BCUT2D eigenvalue weighted by molar-refractivity contribution is -0.817. The predicted octanol–water partition coefficient (Wildman–Crippen LogP) is 1.21. The van der Waals surface area contributed by atoms with Gasteiger partial charge in [-0.05, 0) is 24.6 Å². The van der Waals surface area contributed by atoms with E-state index in [1.54, 1.807) is 6.07 Å². The quantitative estimate of drug-likeness (QED) is 0.400. The van der Waals surface area contributed by atoms with Crippen molar-refractivity contribution in [3.05, 3.63) is 46.7 Å². The van der Waals surface area contributed by atoms with Crippen LogP contribution < -0.4 is 5.06 Å². The van der Waals surface area contributed by atoms with Gasteiger partial charge >= 0.3 is 0 Å². The van der Waals surface area contributed by atoms with Gasteiger partial charge in [0.2, 0.25) is 0 Å². The van der Waals surface area contributed by atoms with E-state index in [-0.39, 0.29) is 28.1 Å². The molecule has 0 radical (unpaired) electrons. The zero-order valence-electron chi connectivity index (χ0n) is 11.1. The molecule has 0 amide bonds. The third-order valence-electron chi connectivity index (χ3n) is 3.88. The summed E-state index contributed by atoms with van der Waals surface area (Å²) >= 11 is 0. The van der Waals surface area contributed by atoms with Crippen molar-refractivity contribution in [2.24, 2.45) is 0 Å². The van der Waals surface area contributed by atoms with E-state index < -0.39 is 6.04 Å². The van der Waals surface area contributed by atoms with Gasteiger partial charge < -0.3 is 30.7 Å². The molecule has 0 fully saturated rings. The van der Waals surface area contributed by atoms with Crippen LogP contribution in [-0.4, -0.2) is 20.4 Å². The number of aromatic hydroxyl groups is 4. The van der Waals surface area contributed by atoms with Crippen LogP contribution in [0.4, 0.5) is 5.69 Å². The molecule has 0 aromatic heterocycles. The molecule has 0 bridgehead atoms. The Morgan fingerprint density at radius 3 is 2.43 bits per heavy atom. The molecular weight excluding hydrogens is 274 g/mol. The summed E-state index contributed by atoms with van der Waals surface area (Å²) in [7, 11) is 0. The van der Waals surface area contributed by atoms with Crippen LogP contribution in [0.2, 0.25) is 0 Å². The first kappa shape index (κ1) is 13.5. The monoisotopic (exact) mass is 289 g/mol. The smallest absolute Gasteiger partial charge is 0.157 e. The van der Waals surface area contributed by atoms with Crippen molar-refractivity contribution >= 4 is 5.69 Å². The predicted molar refractivity (Wildman–Crippen MR) is 74.6 cm³/mol. The topological polar surface area (TPSA) is 108 Å². The third-order valence-corrected chi connectivity index (χ3v) is 3.88. The Labute approximate surface area is 120 Å². The van der Waals surface area contributed by atoms with Crippen LogP contribution in [0.5, 0.6) is 23.0 Å². The highest BCUT2D eigenvalue weighted by Crippen LogP contribution is 2.36. The number of fused-ring (bicyclic) bond motifs is 1. The molecule has 2 unspecified atom stereocenters. The highest BCUT2D eigenvalue weighted by molar-refractivity contribution is 5.55. The van der Waals surface area contributed by atoms with Gasteiger partial charge in [-0.3, -0.25) is 0 Å². The second-order valence-electron chi connectivity index (χ2n) is 5.19. The minimum absolute atomic E-state index is 0.0784. The van der Waals surface area contributed by atoms with E-state index >= 15 is 0 Å². The highest BCUT2D eigenvalue weighted by Gasteiger charge is 2.30. The molecular formula is C15H15NO5. The zero-order valence-corrected chi connectivity index (χ0v) is 11.1. The summed E-state index contributed by atoms with van der Waals surface area (Å²) in [6.07, 6.45) is 0.994. The summed E-state index contributed by atoms with van der Waals surface area (Å²) < 4.78 is 0. The van der Waals surface area contributed by atoms with Crippen molar-refractivity contribution in [1.82, 2.24) is 0 Å². The Kier molecular flexibility index (Phi) is 3.12. The number of rotatable bonds is 1. The van der Waals surface area contributed by atoms with E-state index in [4.69, 9.17) is 0 Å². The Bertz CT molecular complexity index is 701. The van der Waals surface area contributed by atoms with Gasteiger partial charge in [0.05, 0.1) is 5.56 Å². The average Bonchev–Trinajstić information content (AvgIpc) is 2.43. The molecule has 5 N–H and O–H groups in total. The van der Waals surface area contributed by atoms with Crippen LogP contribution in [-0.2, 0) is 6.42 Å². The first-order chi connectivity index (χ1) is 9.97. The van der Waals surface area contributed by atoms with Gasteiger partial charge in [0.25, 0.3) is 0 Å². The lowest BCUT2D eigenvalue weighted by Gasteiger charge is -2.36. The van der Waals surface area contributed by atoms with E-state index in [2.05, 4.69) is 0 Å². The molecule has 0 aliphatic carbocycles. The second kappa shape index (κ2) is 4.83. The molecule has 2 atom stereocenters. The molecule has 3 rings (SSSR count). The number of hydroxylamine groups is 1. The number of phenolic OH excluding ortho intramolecular Hbond substituents is 4. The van der Waals surface area contributed by atoms with Crippen LogP contribution in [0.25, 0.3) is 0 Å². The molecule has 0 spiro atoms. The Hall–Kier alpha value is -2.44. The van der Waals surface area contributed by atoms with E-state index in [9.17, 15) is 25.6 Å². The summed E-state index contributed by atoms with van der Waals surface area (Å²) in [6, 6.07) is 6.40. The van der Waals surface area contributed by atoms with E-state index in [0.717, 1.165) is 0 Å². The van der Waals surface area contributed by atoms with E-state index in [1.165, 1.54) is 24.3 Å². The number of hydrogen-bond donors (Lipinski definition) is 5. The maximum atomic E-state index is 12.6. The van der Waals surface area contributed by atoms with Crippen molar-refractivity contribution in [1.29, 1.82) is 0 Å². The van der Waals surface area contributed by atoms with E-state index in [0.29, 0.717) is 29.7 Å². The Morgan fingerprint density at radius 1 is 0.952 bits per heavy atom. The van der Waals surface area contributed by atoms with Gasteiger partial charge in [0.15, 0.2) is 11.5 Å². The van der Waals surface area contributed by atoms with Crippen molar-refractivity contribution < 1.29 is 25.5 Å². The average molecular weight is 289 g/mol. The number of quaternary nitrogens is 1. The molecule has 1 aliphatic heterocycles. The van der Waals surface area contributed by atoms with Gasteiger partial charge in [0.1, 0.15) is 23.2 Å². The minimum Gasteiger partial charge on any atom is -0.628 e. The minimum atomic E-state index is -0.467. The fourth-order valence-corrected chi connectivity index (χ4v) is 2.81. The van der Waals surface area contributed by atoms with Crippen LogP contribution in [0.3, 0.4) is 0 Å². The summed E-state index contributed by atoms with van der Waals surface area (Å²) in [4.78, 5) is 0. The number of phenols is 4. The molecule has 1 heterocycles. The second-order valence-corrected chi connectivity index (χ2v) is 5.19. The van der Waals surface area contributed by atoms with Crippen molar-refractivity contribution in [2.75, 3.05) is 0 Å². The molecule has 6 nitrogen and oxygen atoms in total. The lowest BCUT2D eigenvalue weighted by atomic mass is 9.92. The fraction of sp³-hybridized carbons (Fsp3) is 0.200. The van der Waals surface area contributed by atoms with Gasteiger partial charge in [0, 0.05) is 24.1 Å². The van der Waals surface area contributed by atoms with Gasteiger partial charge in [-0.2, -0.15) is 0 Å². The molecule has 1 aliphatic rings. The SMILES string of the molecule is [O-][NH+]1c2cc(O)cc(O)c2CCC1c1ccc(O)c(O)c1. The highest BCUT2D eigenvalue weighted by atomic mass is 16.5. The summed E-state index contributed by atoms with van der Waals surface area (Å²) in [5.41, 5.74) is 1.44. The van der Waals surface area contributed by atoms with Crippen LogP contribution in [0.1, 0.15) is 23.6 Å². The largest absolute Gasteiger partial charge is 0.628 e. The summed E-state index contributed by atoms with van der Waals surface area (Å²) in [6.45, 7) is 0.